The van der Waals surface area contributed by atoms with Crippen LogP contribution in [-0.4, -0.2) is 41.6 Å². The molecule has 0 aliphatic carbocycles. The number of hydrogen-bond donors (Lipinski definition) is 2. The normalized spacial score (nSPS) is 10.9. The number of aromatic amines is 1. The van der Waals surface area contributed by atoms with Gasteiger partial charge in [-0.15, -0.1) is 10.2 Å². The van der Waals surface area contributed by atoms with Crippen molar-refractivity contribution in [3.05, 3.63) is 70.0 Å². The Balaban J connectivity index is 1.84. The van der Waals surface area contributed by atoms with Gasteiger partial charge in [0.25, 0.3) is 11.4 Å². The Bertz CT molecular complexity index is 1390. The molecular formula is C27H29N3O6. The average Bonchev–Trinajstić information content (AvgIpc) is 3.34. The maximum atomic E-state index is 13.1. The Kier molecular flexibility index (Phi) is 7.58. The Morgan fingerprint density at radius 2 is 1.67 bits per heavy atom. The summed E-state index contributed by atoms with van der Waals surface area (Å²) in [5.74, 6) is 1.63. The van der Waals surface area contributed by atoms with Crippen molar-refractivity contribution in [3.63, 3.8) is 0 Å². The zero-order valence-corrected chi connectivity index (χ0v) is 20.8. The lowest BCUT2D eigenvalue weighted by Gasteiger charge is -2.18. The van der Waals surface area contributed by atoms with E-state index in [0.29, 0.717) is 52.8 Å². The molecule has 0 aliphatic heterocycles. The first-order valence-electron chi connectivity index (χ1n) is 11.7. The lowest BCUT2D eigenvalue weighted by atomic mass is 9.96. The van der Waals surface area contributed by atoms with Crippen molar-refractivity contribution in [2.45, 2.75) is 32.6 Å². The minimum Gasteiger partial charge on any atom is -0.506 e. The van der Waals surface area contributed by atoms with E-state index in [9.17, 15) is 9.90 Å². The first-order valence-corrected chi connectivity index (χ1v) is 11.7. The summed E-state index contributed by atoms with van der Waals surface area (Å²) in [6, 6.07) is 12.8. The van der Waals surface area contributed by atoms with Crippen molar-refractivity contribution >= 4 is 0 Å². The van der Waals surface area contributed by atoms with E-state index >= 15 is 0 Å². The molecule has 2 aromatic carbocycles. The summed E-state index contributed by atoms with van der Waals surface area (Å²) in [4.78, 5) is 16.1. The van der Waals surface area contributed by atoms with E-state index in [1.54, 1.807) is 25.3 Å². The summed E-state index contributed by atoms with van der Waals surface area (Å²) in [5.41, 5.74) is 1.77. The van der Waals surface area contributed by atoms with Gasteiger partial charge in [-0.2, -0.15) is 0 Å². The number of aromatic nitrogens is 3. The van der Waals surface area contributed by atoms with Crippen LogP contribution in [0.15, 0.2) is 51.7 Å². The van der Waals surface area contributed by atoms with Crippen molar-refractivity contribution < 1.29 is 23.7 Å². The second-order valence-corrected chi connectivity index (χ2v) is 8.20. The highest BCUT2D eigenvalue weighted by molar-refractivity contribution is 5.86. The molecule has 0 amide bonds. The molecule has 36 heavy (non-hydrogen) atoms. The summed E-state index contributed by atoms with van der Waals surface area (Å²) in [7, 11) is 4.67. The SMILES string of the molecule is CCCCc1[nH]c(=O)c(-c2nnc(Cc3cccc(OC)c3)o2)c(O)c1-c1c(OC)cccc1OC. The molecule has 4 rings (SSSR count). The number of aromatic hydroxyl groups is 1. The predicted molar refractivity (Wildman–Crippen MR) is 135 cm³/mol. The second-order valence-electron chi connectivity index (χ2n) is 8.20. The van der Waals surface area contributed by atoms with Crippen LogP contribution in [0.1, 0.15) is 36.9 Å². The first kappa shape index (κ1) is 24.8. The molecule has 188 valence electrons. The molecule has 2 aromatic heterocycles. The third-order valence-corrected chi connectivity index (χ3v) is 5.90. The second kappa shape index (κ2) is 11.0. The van der Waals surface area contributed by atoms with Gasteiger partial charge in [0, 0.05) is 5.69 Å². The van der Waals surface area contributed by atoms with Gasteiger partial charge in [-0.05, 0) is 42.7 Å². The number of benzene rings is 2. The lowest BCUT2D eigenvalue weighted by molar-refractivity contribution is 0.396. The van der Waals surface area contributed by atoms with Gasteiger partial charge in [0.2, 0.25) is 5.89 Å². The maximum Gasteiger partial charge on any atom is 0.264 e. The molecule has 0 aliphatic rings. The number of nitrogens with zero attached hydrogens (tertiary/aromatic N) is 2. The number of unbranched alkanes of at least 4 members (excludes halogenated alkanes) is 1. The van der Waals surface area contributed by atoms with Crippen molar-refractivity contribution in [2.24, 2.45) is 0 Å². The zero-order valence-electron chi connectivity index (χ0n) is 20.8. The van der Waals surface area contributed by atoms with Crippen LogP contribution in [-0.2, 0) is 12.8 Å². The largest absolute Gasteiger partial charge is 0.506 e. The number of nitrogens with one attached hydrogen (secondary N) is 1. The third kappa shape index (κ3) is 4.91. The standard InChI is InChI=1S/C27H29N3O6/c1-5-6-11-18-22(23-19(34-3)12-8-13-20(23)35-4)25(31)24(26(32)28-18)27-30-29-21(36-27)15-16-9-7-10-17(14-16)33-2/h7-10,12-14H,5-6,11,15H2,1-4H3,(H2,28,31,32). The first-order chi connectivity index (χ1) is 17.5. The van der Waals surface area contributed by atoms with Crippen LogP contribution in [0.4, 0.5) is 0 Å². The van der Waals surface area contributed by atoms with Gasteiger partial charge < -0.3 is 28.7 Å². The fourth-order valence-corrected chi connectivity index (χ4v) is 4.13. The van der Waals surface area contributed by atoms with E-state index in [1.807, 2.05) is 24.3 Å². The molecule has 0 saturated heterocycles. The van der Waals surface area contributed by atoms with Gasteiger partial charge in [0.05, 0.1) is 38.9 Å². The van der Waals surface area contributed by atoms with Gasteiger partial charge >= 0.3 is 0 Å². The molecule has 0 unspecified atom stereocenters. The molecule has 2 N–H and O–H groups in total. The monoisotopic (exact) mass is 491 g/mol. The van der Waals surface area contributed by atoms with Gasteiger partial charge in [-0.3, -0.25) is 4.79 Å². The average molecular weight is 492 g/mol. The molecule has 0 spiro atoms. The van der Waals surface area contributed by atoms with E-state index in [2.05, 4.69) is 22.1 Å². The number of H-pyrrole nitrogens is 1. The van der Waals surface area contributed by atoms with E-state index in [-0.39, 0.29) is 17.2 Å². The van der Waals surface area contributed by atoms with Crippen LogP contribution in [0, 0.1) is 0 Å². The van der Waals surface area contributed by atoms with Crippen molar-refractivity contribution in [3.8, 4) is 45.6 Å². The summed E-state index contributed by atoms with van der Waals surface area (Å²) in [6.45, 7) is 2.05. The number of rotatable bonds is 10. The number of hydrogen-bond acceptors (Lipinski definition) is 8. The van der Waals surface area contributed by atoms with E-state index in [0.717, 1.165) is 18.4 Å². The number of pyridine rings is 1. The highest BCUT2D eigenvalue weighted by atomic mass is 16.5. The van der Waals surface area contributed by atoms with Crippen LogP contribution in [0.25, 0.3) is 22.6 Å². The summed E-state index contributed by atoms with van der Waals surface area (Å²) < 4.78 is 22.2. The van der Waals surface area contributed by atoms with Crippen molar-refractivity contribution in [1.82, 2.24) is 15.2 Å². The van der Waals surface area contributed by atoms with Gasteiger partial charge in [0.1, 0.15) is 28.6 Å². The van der Waals surface area contributed by atoms with Crippen LogP contribution < -0.4 is 19.8 Å². The van der Waals surface area contributed by atoms with Gasteiger partial charge in [-0.1, -0.05) is 31.5 Å². The summed E-state index contributed by atoms with van der Waals surface area (Å²) >= 11 is 0. The number of methoxy groups -OCH3 is 3. The third-order valence-electron chi connectivity index (χ3n) is 5.90. The van der Waals surface area contributed by atoms with Crippen molar-refractivity contribution in [1.29, 1.82) is 0 Å². The Labute approximate surface area is 208 Å². The van der Waals surface area contributed by atoms with Crippen LogP contribution in [0.3, 0.4) is 0 Å². The van der Waals surface area contributed by atoms with E-state index in [1.165, 1.54) is 14.2 Å². The molecule has 9 nitrogen and oxygen atoms in total. The topological polar surface area (TPSA) is 120 Å². The maximum absolute atomic E-state index is 13.1. The minimum atomic E-state index is -0.521. The molecule has 4 aromatic rings. The van der Waals surface area contributed by atoms with Crippen LogP contribution >= 0.6 is 0 Å². The van der Waals surface area contributed by atoms with E-state index < -0.39 is 5.56 Å². The Morgan fingerprint density at radius 1 is 0.944 bits per heavy atom. The fraction of sp³-hybridized carbons (Fsp3) is 0.296. The van der Waals surface area contributed by atoms with Gasteiger partial charge in [-0.25, -0.2) is 0 Å². The molecule has 0 fully saturated rings. The number of ether oxygens (including phenoxy) is 3. The lowest BCUT2D eigenvalue weighted by Crippen LogP contribution is -2.14. The molecule has 9 heteroatoms. The molecule has 0 bridgehead atoms. The zero-order chi connectivity index (χ0) is 25.7. The quantitative estimate of drug-likeness (QED) is 0.326. The van der Waals surface area contributed by atoms with E-state index in [4.69, 9.17) is 18.6 Å². The molecule has 0 saturated carbocycles. The predicted octanol–water partition coefficient (Wildman–Crippen LogP) is 4.76. The number of aryl methyl sites for hydroxylation is 1. The summed E-state index contributed by atoms with van der Waals surface area (Å²) in [5, 5.41) is 19.7. The van der Waals surface area contributed by atoms with Crippen LogP contribution in [0.2, 0.25) is 0 Å². The van der Waals surface area contributed by atoms with Crippen molar-refractivity contribution in [2.75, 3.05) is 21.3 Å². The Hall–Kier alpha value is -4.27. The van der Waals surface area contributed by atoms with Crippen LogP contribution in [0.5, 0.6) is 23.0 Å². The molecule has 0 atom stereocenters. The fourth-order valence-electron chi connectivity index (χ4n) is 4.13. The highest BCUT2D eigenvalue weighted by Crippen LogP contribution is 2.46. The minimum absolute atomic E-state index is 0.0798. The smallest absolute Gasteiger partial charge is 0.264 e. The Morgan fingerprint density at radius 3 is 2.33 bits per heavy atom. The highest BCUT2D eigenvalue weighted by Gasteiger charge is 2.27. The van der Waals surface area contributed by atoms with Gasteiger partial charge in [0.15, 0.2) is 0 Å². The summed E-state index contributed by atoms with van der Waals surface area (Å²) in [6.07, 6.45) is 2.60. The molecule has 0 radical (unpaired) electrons. The molecule has 2 heterocycles. The molecular weight excluding hydrogens is 462 g/mol.